The molecule has 0 radical (unpaired) electrons. The number of hydrogen-bond donors (Lipinski definition) is 2. The zero-order valence-corrected chi connectivity index (χ0v) is 20.8. The molecule has 1 amide bonds. The molecule has 1 aliphatic heterocycles. The number of likely N-dealkylation sites (tertiary alicyclic amines) is 1. The van der Waals surface area contributed by atoms with E-state index in [1.54, 1.807) is 17.4 Å². The van der Waals surface area contributed by atoms with Crippen molar-refractivity contribution in [2.45, 2.75) is 25.6 Å². The van der Waals surface area contributed by atoms with Crippen molar-refractivity contribution in [2.24, 2.45) is 7.05 Å². The fourth-order valence-corrected chi connectivity index (χ4v) is 5.21. The Balaban J connectivity index is 1.23. The number of hydrogen-bond acceptors (Lipinski definition) is 6. The van der Waals surface area contributed by atoms with Gasteiger partial charge in [0.05, 0.1) is 10.2 Å². The number of piperidine rings is 1. The van der Waals surface area contributed by atoms with Crippen LogP contribution >= 0.6 is 11.3 Å². The van der Waals surface area contributed by atoms with E-state index in [0.717, 1.165) is 53.2 Å². The minimum absolute atomic E-state index is 0.182. The predicted octanol–water partition coefficient (Wildman–Crippen LogP) is 5.13. The van der Waals surface area contributed by atoms with Gasteiger partial charge in [-0.1, -0.05) is 6.07 Å². The number of nitrogens with two attached hydrogens (primary N) is 1. The van der Waals surface area contributed by atoms with Gasteiger partial charge in [0, 0.05) is 37.1 Å². The number of ether oxygens (including phenoxy) is 2. The first-order valence-corrected chi connectivity index (χ1v) is 12.6. The van der Waals surface area contributed by atoms with Crippen LogP contribution in [0.25, 0.3) is 10.2 Å². The Hall–Kier alpha value is -3.49. The lowest BCUT2D eigenvalue weighted by atomic mass is 10.1. The summed E-state index contributed by atoms with van der Waals surface area (Å²) >= 11 is 1.62. The monoisotopic (exact) mass is 490 g/mol. The number of nitrogens with zero attached hydrogens (tertiary/aromatic N) is 2. The van der Waals surface area contributed by atoms with Crippen molar-refractivity contribution in [1.82, 2.24) is 9.47 Å². The SMILES string of the molecule is CN1CCC(Oc2ccc(OCc3ccc(N)cc3NC(=O)c3cc4sccc4n3C)cc2)CC1. The summed E-state index contributed by atoms with van der Waals surface area (Å²) in [5, 5.41) is 5.04. The molecule has 0 aliphatic carbocycles. The molecule has 0 saturated carbocycles. The second kappa shape index (κ2) is 10.0. The molecule has 0 bridgehead atoms. The lowest BCUT2D eigenvalue weighted by Gasteiger charge is -2.29. The zero-order valence-electron chi connectivity index (χ0n) is 20.0. The van der Waals surface area contributed by atoms with Crippen LogP contribution < -0.4 is 20.5 Å². The number of anilines is 2. The Morgan fingerprint density at radius 1 is 1.06 bits per heavy atom. The van der Waals surface area contributed by atoms with Gasteiger partial charge in [-0.05, 0) is 73.8 Å². The third-order valence-corrected chi connectivity index (χ3v) is 7.32. The highest BCUT2D eigenvalue weighted by Gasteiger charge is 2.18. The van der Waals surface area contributed by atoms with Crippen molar-refractivity contribution in [3.8, 4) is 11.5 Å². The van der Waals surface area contributed by atoms with E-state index in [0.29, 0.717) is 23.7 Å². The number of aromatic nitrogens is 1. The number of nitrogen functional groups attached to an aromatic ring is 1. The average Bonchev–Trinajstić information content (AvgIpc) is 3.44. The molecular formula is C27H30N4O3S. The van der Waals surface area contributed by atoms with Crippen LogP contribution in [-0.4, -0.2) is 41.6 Å². The number of thiophene rings is 1. The Labute approximate surface area is 209 Å². The van der Waals surface area contributed by atoms with Crippen molar-refractivity contribution < 1.29 is 14.3 Å². The number of aryl methyl sites for hydroxylation is 1. The van der Waals surface area contributed by atoms with E-state index in [1.165, 1.54) is 0 Å². The standard InChI is InChI=1S/C27H30N4O3S/c1-30-12-9-22(10-13-30)34-21-7-5-20(6-8-21)33-17-18-3-4-19(28)15-23(18)29-27(32)25-16-26-24(31(25)2)11-14-35-26/h3-8,11,14-16,22H,9-10,12-13,17,28H2,1-2H3,(H,29,32). The quantitative estimate of drug-likeness (QED) is 0.351. The minimum Gasteiger partial charge on any atom is -0.490 e. The van der Waals surface area contributed by atoms with Crippen LogP contribution in [-0.2, 0) is 13.7 Å². The van der Waals surface area contributed by atoms with Crippen LogP contribution in [0.15, 0.2) is 60.0 Å². The maximum absolute atomic E-state index is 13.0. The number of carbonyl (C=O) groups excluding carboxylic acids is 1. The lowest BCUT2D eigenvalue weighted by molar-refractivity contribution is 0.101. The third-order valence-electron chi connectivity index (χ3n) is 6.47. The highest BCUT2D eigenvalue weighted by molar-refractivity contribution is 7.17. The van der Waals surface area contributed by atoms with Gasteiger partial charge in [-0.3, -0.25) is 4.79 Å². The maximum atomic E-state index is 13.0. The van der Waals surface area contributed by atoms with E-state index in [2.05, 4.69) is 17.3 Å². The first kappa shape index (κ1) is 23.3. The van der Waals surface area contributed by atoms with Crippen LogP contribution in [0.5, 0.6) is 11.5 Å². The second-order valence-corrected chi connectivity index (χ2v) is 9.96. The van der Waals surface area contributed by atoms with Gasteiger partial charge in [0.1, 0.15) is 29.9 Å². The topological polar surface area (TPSA) is 81.8 Å². The molecule has 3 N–H and O–H groups in total. The minimum atomic E-state index is -0.182. The number of nitrogens with one attached hydrogen (secondary N) is 1. The third kappa shape index (κ3) is 5.28. The predicted molar refractivity (Wildman–Crippen MR) is 142 cm³/mol. The van der Waals surface area contributed by atoms with Crippen molar-refractivity contribution >= 4 is 38.8 Å². The molecule has 3 heterocycles. The molecular weight excluding hydrogens is 460 g/mol. The summed E-state index contributed by atoms with van der Waals surface area (Å²) in [5.41, 5.74) is 9.71. The lowest BCUT2D eigenvalue weighted by Crippen LogP contribution is -2.35. The van der Waals surface area contributed by atoms with Crippen LogP contribution in [0, 0.1) is 0 Å². The highest BCUT2D eigenvalue weighted by atomic mass is 32.1. The first-order valence-electron chi connectivity index (χ1n) is 11.8. The van der Waals surface area contributed by atoms with Crippen LogP contribution in [0.3, 0.4) is 0 Å². The fraction of sp³-hybridized carbons (Fsp3) is 0.296. The van der Waals surface area contributed by atoms with Crippen molar-refractivity contribution in [3.63, 3.8) is 0 Å². The van der Waals surface area contributed by atoms with Gasteiger partial charge in [-0.2, -0.15) is 0 Å². The first-order chi connectivity index (χ1) is 17.0. The van der Waals surface area contributed by atoms with Gasteiger partial charge in [-0.15, -0.1) is 11.3 Å². The van der Waals surface area contributed by atoms with E-state index in [4.69, 9.17) is 15.2 Å². The molecule has 2 aromatic heterocycles. The summed E-state index contributed by atoms with van der Waals surface area (Å²) in [6.45, 7) is 2.43. The molecule has 1 saturated heterocycles. The largest absolute Gasteiger partial charge is 0.490 e. The van der Waals surface area contributed by atoms with E-state index < -0.39 is 0 Å². The van der Waals surface area contributed by atoms with Crippen molar-refractivity contribution in [2.75, 3.05) is 31.2 Å². The average molecular weight is 491 g/mol. The van der Waals surface area contributed by atoms with Crippen LogP contribution in [0.4, 0.5) is 11.4 Å². The molecule has 2 aromatic carbocycles. The smallest absolute Gasteiger partial charge is 0.272 e. The molecule has 0 spiro atoms. The van der Waals surface area contributed by atoms with E-state index in [-0.39, 0.29) is 12.0 Å². The van der Waals surface area contributed by atoms with Gasteiger partial charge in [0.25, 0.3) is 5.91 Å². The number of fused-ring (bicyclic) bond motifs is 1. The van der Waals surface area contributed by atoms with Crippen LogP contribution in [0.2, 0.25) is 0 Å². The molecule has 8 heteroatoms. The van der Waals surface area contributed by atoms with E-state index >= 15 is 0 Å². The van der Waals surface area contributed by atoms with E-state index in [9.17, 15) is 4.79 Å². The Bertz CT molecular complexity index is 1320. The van der Waals surface area contributed by atoms with E-state index in [1.807, 2.05) is 65.5 Å². The van der Waals surface area contributed by atoms with Crippen molar-refractivity contribution in [3.05, 3.63) is 71.2 Å². The molecule has 1 aliphatic rings. The zero-order chi connectivity index (χ0) is 24.4. The molecule has 182 valence electrons. The molecule has 7 nitrogen and oxygen atoms in total. The summed E-state index contributed by atoms with van der Waals surface area (Å²) in [5.74, 6) is 1.41. The van der Waals surface area contributed by atoms with Gasteiger partial charge in [0.15, 0.2) is 0 Å². The second-order valence-electron chi connectivity index (χ2n) is 9.01. The molecule has 1 fully saturated rings. The van der Waals surface area contributed by atoms with Gasteiger partial charge in [0.2, 0.25) is 0 Å². The highest BCUT2D eigenvalue weighted by Crippen LogP contribution is 2.27. The normalized spacial score (nSPS) is 14.8. The molecule has 35 heavy (non-hydrogen) atoms. The summed E-state index contributed by atoms with van der Waals surface area (Å²) in [6.07, 6.45) is 2.35. The summed E-state index contributed by atoms with van der Waals surface area (Å²) < 4.78 is 15.1. The van der Waals surface area contributed by atoms with Gasteiger partial charge in [-0.25, -0.2) is 0 Å². The number of amides is 1. The maximum Gasteiger partial charge on any atom is 0.272 e. The molecule has 4 aromatic rings. The molecule has 5 rings (SSSR count). The Morgan fingerprint density at radius 3 is 2.54 bits per heavy atom. The summed E-state index contributed by atoms with van der Waals surface area (Å²) in [4.78, 5) is 15.4. The number of carbonyl (C=O) groups is 1. The van der Waals surface area contributed by atoms with Crippen molar-refractivity contribution in [1.29, 1.82) is 0 Å². The summed E-state index contributed by atoms with van der Waals surface area (Å²) in [7, 11) is 4.04. The fourth-order valence-electron chi connectivity index (χ4n) is 4.36. The Kier molecular flexibility index (Phi) is 6.66. The van der Waals surface area contributed by atoms with Crippen LogP contribution in [0.1, 0.15) is 28.9 Å². The molecule has 0 unspecified atom stereocenters. The Morgan fingerprint density at radius 2 is 1.80 bits per heavy atom. The van der Waals surface area contributed by atoms with Gasteiger partial charge < -0.3 is 30.0 Å². The number of benzene rings is 2. The molecule has 0 atom stereocenters. The number of rotatable bonds is 7. The summed E-state index contributed by atoms with van der Waals surface area (Å²) in [6, 6.07) is 17.1. The van der Waals surface area contributed by atoms with Gasteiger partial charge >= 0.3 is 0 Å².